The normalized spacial score (nSPS) is 21.5. The van der Waals surface area contributed by atoms with E-state index in [0.717, 1.165) is 0 Å². The van der Waals surface area contributed by atoms with Gasteiger partial charge in [-0.1, -0.05) is 25.7 Å². The Morgan fingerprint density at radius 2 is 2.05 bits per heavy atom. The number of hydrogen-bond donors (Lipinski definition) is 1. The average molecular weight is 275 g/mol. The molecule has 0 aliphatic carbocycles. The molecule has 1 saturated heterocycles. The van der Waals surface area contributed by atoms with Gasteiger partial charge in [0.1, 0.15) is 12.4 Å². The molecule has 1 aromatic rings. The first-order valence-electron chi connectivity index (χ1n) is 6.71. The third kappa shape index (κ3) is 3.00. The van der Waals surface area contributed by atoms with E-state index in [1.807, 2.05) is 0 Å². The van der Waals surface area contributed by atoms with Gasteiger partial charge in [0.15, 0.2) is 0 Å². The highest BCUT2D eigenvalue weighted by Crippen LogP contribution is 2.24. The van der Waals surface area contributed by atoms with Crippen molar-refractivity contribution in [2.24, 2.45) is 11.8 Å². The quantitative estimate of drug-likeness (QED) is 0.795. The summed E-state index contributed by atoms with van der Waals surface area (Å²) < 4.78 is 13.4. The van der Waals surface area contributed by atoms with Crippen LogP contribution < -0.4 is 0 Å². The highest BCUT2D eigenvalue weighted by molar-refractivity contribution is 5.97. The molecular formula is C16H18FNO2. The third-order valence-electron chi connectivity index (χ3n) is 3.79. The van der Waals surface area contributed by atoms with Crippen LogP contribution in [0.25, 0.3) is 0 Å². The Balaban J connectivity index is 2.31. The molecule has 0 spiro atoms. The molecule has 1 amide bonds. The molecule has 2 atom stereocenters. The van der Waals surface area contributed by atoms with Crippen LogP contribution >= 0.6 is 0 Å². The van der Waals surface area contributed by atoms with Gasteiger partial charge in [-0.05, 0) is 30.0 Å². The summed E-state index contributed by atoms with van der Waals surface area (Å²) >= 11 is 0. The zero-order valence-corrected chi connectivity index (χ0v) is 11.7. The summed E-state index contributed by atoms with van der Waals surface area (Å²) in [5.41, 5.74) is 0.727. The third-order valence-corrected chi connectivity index (χ3v) is 3.79. The first-order valence-corrected chi connectivity index (χ1v) is 6.71. The van der Waals surface area contributed by atoms with Gasteiger partial charge < -0.3 is 10.0 Å². The van der Waals surface area contributed by atoms with Crippen LogP contribution in [0.2, 0.25) is 0 Å². The summed E-state index contributed by atoms with van der Waals surface area (Å²) in [6.07, 6.45) is 0. The minimum atomic E-state index is -0.455. The molecule has 2 rings (SSSR count). The van der Waals surface area contributed by atoms with Crippen LogP contribution in [0.15, 0.2) is 18.2 Å². The predicted octanol–water partition coefficient (Wildman–Crippen LogP) is 1.90. The van der Waals surface area contributed by atoms with E-state index in [-0.39, 0.29) is 18.1 Å². The Morgan fingerprint density at radius 1 is 1.40 bits per heavy atom. The van der Waals surface area contributed by atoms with Gasteiger partial charge in [0, 0.05) is 18.7 Å². The number of aliphatic hydroxyl groups excluding tert-OH is 1. The molecule has 4 heteroatoms. The molecule has 0 radical (unpaired) electrons. The number of amides is 1. The molecule has 3 nitrogen and oxygen atoms in total. The molecule has 2 unspecified atom stereocenters. The first kappa shape index (κ1) is 14.5. The summed E-state index contributed by atoms with van der Waals surface area (Å²) in [5.74, 6) is 5.44. The van der Waals surface area contributed by atoms with Crippen molar-refractivity contribution in [1.82, 2.24) is 4.90 Å². The van der Waals surface area contributed by atoms with E-state index in [1.54, 1.807) is 4.90 Å². The van der Waals surface area contributed by atoms with Gasteiger partial charge in [-0.25, -0.2) is 4.39 Å². The van der Waals surface area contributed by atoms with Crippen molar-refractivity contribution in [3.8, 4) is 11.8 Å². The van der Waals surface area contributed by atoms with Crippen molar-refractivity contribution in [3.63, 3.8) is 0 Å². The van der Waals surface area contributed by atoms with Gasteiger partial charge in [0.05, 0.1) is 5.56 Å². The highest BCUT2D eigenvalue weighted by atomic mass is 19.1. The van der Waals surface area contributed by atoms with Gasteiger partial charge in [-0.2, -0.15) is 0 Å². The van der Waals surface area contributed by atoms with Crippen molar-refractivity contribution in [1.29, 1.82) is 0 Å². The van der Waals surface area contributed by atoms with E-state index < -0.39 is 5.82 Å². The zero-order valence-electron chi connectivity index (χ0n) is 11.7. The molecule has 1 aliphatic rings. The second kappa shape index (κ2) is 6.06. The van der Waals surface area contributed by atoms with E-state index in [1.165, 1.54) is 18.2 Å². The van der Waals surface area contributed by atoms with Crippen LogP contribution in [-0.2, 0) is 0 Å². The van der Waals surface area contributed by atoms with Crippen LogP contribution in [0, 0.1) is 29.5 Å². The van der Waals surface area contributed by atoms with Crippen LogP contribution in [0.1, 0.15) is 29.8 Å². The highest BCUT2D eigenvalue weighted by Gasteiger charge is 2.30. The number of aliphatic hydroxyl groups is 1. The number of nitrogens with zero attached hydrogens (tertiary/aromatic N) is 1. The molecule has 1 heterocycles. The minimum absolute atomic E-state index is 0.192. The van der Waals surface area contributed by atoms with Crippen molar-refractivity contribution in [2.75, 3.05) is 19.7 Å². The first-order chi connectivity index (χ1) is 9.52. The van der Waals surface area contributed by atoms with Gasteiger partial charge in [-0.3, -0.25) is 4.79 Å². The minimum Gasteiger partial charge on any atom is -0.384 e. The molecule has 0 saturated carbocycles. The van der Waals surface area contributed by atoms with E-state index in [9.17, 15) is 9.18 Å². The fourth-order valence-electron chi connectivity index (χ4n) is 2.40. The van der Waals surface area contributed by atoms with E-state index in [2.05, 4.69) is 25.7 Å². The molecule has 1 aliphatic heterocycles. The summed E-state index contributed by atoms with van der Waals surface area (Å²) in [6.45, 7) is 5.29. The molecule has 1 aromatic carbocycles. The van der Waals surface area contributed by atoms with Crippen molar-refractivity contribution >= 4 is 5.91 Å². The zero-order chi connectivity index (χ0) is 14.7. The second-order valence-electron chi connectivity index (χ2n) is 5.31. The van der Waals surface area contributed by atoms with Crippen LogP contribution in [0.4, 0.5) is 4.39 Å². The molecule has 1 N–H and O–H groups in total. The summed E-state index contributed by atoms with van der Waals surface area (Å²) in [7, 11) is 0. The van der Waals surface area contributed by atoms with Gasteiger partial charge >= 0.3 is 0 Å². The fourth-order valence-corrected chi connectivity index (χ4v) is 2.40. The maximum Gasteiger partial charge on any atom is 0.255 e. The number of likely N-dealkylation sites (tertiary alicyclic amines) is 1. The number of carbonyl (C=O) groups is 1. The van der Waals surface area contributed by atoms with Crippen molar-refractivity contribution in [3.05, 3.63) is 35.1 Å². The molecule has 1 fully saturated rings. The number of benzene rings is 1. The van der Waals surface area contributed by atoms with Crippen molar-refractivity contribution < 1.29 is 14.3 Å². The molecule has 0 aromatic heterocycles. The predicted molar refractivity (Wildman–Crippen MR) is 74.6 cm³/mol. The smallest absolute Gasteiger partial charge is 0.255 e. The van der Waals surface area contributed by atoms with Crippen LogP contribution in [-0.4, -0.2) is 35.6 Å². The standard InChI is InChI=1S/C16H18FNO2/c1-11-9-18(10-12(11)2)16(20)15-8-14(17)6-5-13(15)4-3-7-19/h5-6,8,11-12,19H,7,9-10H2,1-2H3. The molecule has 20 heavy (non-hydrogen) atoms. The van der Waals surface area contributed by atoms with Crippen LogP contribution in [0.5, 0.6) is 0 Å². The van der Waals surface area contributed by atoms with E-state index in [4.69, 9.17) is 5.11 Å². The topological polar surface area (TPSA) is 40.5 Å². The molecule has 106 valence electrons. The Morgan fingerprint density at radius 3 is 2.65 bits per heavy atom. The lowest BCUT2D eigenvalue weighted by Crippen LogP contribution is -2.29. The van der Waals surface area contributed by atoms with Crippen LogP contribution in [0.3, 0.4) is 0 Å². The number of carbonyl (C=O) groups excluding carboxylic acids is 1. The monoisotopic (exact) mass is 275 g/mol. The maximum atomic E-state index is 13.4. The molecular weight excluding hydrogens is 257 g/mol. The number of rotatable bonds is 1. The van der Waals surface area contributed by atoms with Crippen molar-refractivity contribution in [2.45, 2.75) is 13.8 Å². The van der Waals surface area contributed by atoms with E-state index in [0.29, 0.717) is 30.5 Å². The van der Waals surface area contributed by atoms with Gasteiger partial charge in [0.2, 0.25) is 0 Å². The second-order valence-corrected chi connectivity index (χ2v) is 5.31. The average Bonchev–Trinajstić information content (AvgIpc) is 2.76. The summed E-state index contributed by atoms with van der Waals surface area (Å²) in [4.78, 5) is 14.2. The Bertz CT molecular complexity index is 564. The lowest BCUT2D eigenvalue weighted by molar-refractivity contribution is 0.0784. The van der Waals surface area contributed by atoms with E-state index >= 15 is 0 Å². The number of hydrogen-bond acceptors (Lipinski definition) is 2. The maximum absolute atomic E-state index is 13.4. The van der Waals surface area contributed by atoms with Gasteiger partial charge in [-0.15, -0.1) is 0 Å². The summed E-state index contributed by atoms with van der Waals surface area (Å²) in [5, 5.41) is 8.75. The number of halogens is 1. The van der Waals surface area contributed by atoms with Gasteiger partial charge in [0.25, 0.3) is 5.91 Å². The Kier molecular flexibility index (Phi) is 4.41. The SMILES string of the molecule is CC1CN(C(=O)c2cc(F)ccc2C#CCO)CC1C. The fraction of sp³-hybridized carbons (Fsp3) is 0.438. The Labute approximate surface area is 118 Å². The molecule has 0 bridgehead atoms. The Hall–Kier alpha value is -1.86. The lowest BCUT2D eigenvalue weighted by atomic mass is 10.0. The lowest BCUT2D eigenvalue weighted by Gasteiger charge is -2.17. The largest absolute Gasteiger partial charge is 0.384 e. The summed E-state index contributed by atoms with van der Waals surface area (Å²) in [6, 6.07) is 3.97.